The lowest BCUT2D eigenvalue weighted by Crippen LogP contribution is -2.36. The molecule has 1 fully saturated rings. The summed E-state index contributed by atoms with van der Waals surface area (Å²) in [4.78, 5) is 0. The van der Waals surface area contributed by atoms with E-state index >= 15 is 0 Å². The molecule has 60 valence electrons. The van der Waals surface area contributed by atoms with Crippen molar-refractivity contribution in [1.82, 2.24) is 0 Å². The van der Waals surface area contributed by atoms with Crippen molar-refractivity contribution in [2.45, 2.75) is 38.5 Å². The summed E-state index contributed by atoms with van der Waals surface area (Å²) in [6.07, 6.45) is 1.14. The molecule has 0 aromatic carbocycles. The molecule has 0 aliphatic carbocycles. The molecule has 0 saturated carbocycles. The van der Waals surface area contributed by atoms with E-state index in [0.717, 1.165) is 12.5 Å². The minimum atomic E-state index is -1.70. The summed E-state index contributed by atoms with van der Waals surface area (Å²) in [5, 5.41) is 0. The van der Waals surface area contributed by atoms with Crippen LogP contribution in [0.4, 0.5) is 0 Å². The fourth-order valence-corrected chi connectivity index (χ4v) is 4.08. The lowest BCUT2D eigenvalue weighted by molar-refractivity contribution is 0.0946. The first kappa shape index (κ1) is 8.24. The first-order valence-corrected chi connectivity index (χ1v) is 6.25. The molecule has 0 aromatic rings. The van der Waals surface area contributed by atoms with E-state index in [1.54, 1.807) is 7.11 Å². The maximum atomic E-state index is 5.80. The number of hydrogen-bond acceptors (Lipinski definition) is 2. The van der Waals surface area contributed by atoms with Crippen molar-refractivity contribution in [2.24, 2.45) is 0 Å². The van der Waals surface area contributed by atoms with E-state index in [9.17, 15) is 0 Å². The molecule has 0 aromatic heterocycles. The molecule has 3 heteroatoms. The lowest BCUT2D eigenvalue weighted by atomic mass is 10.1. The van der Waals surface area contributed by atoms with Gasteiger partial charge in [-0.2, -0.15) is 0 Å². The summed E-state index contributed by atoms with van der Waals surface area (Å²) < 4.78 is 11.2. The van der Waals surface area contributed by atoms with Crippen molar-refractivity contribution in [3.8, 4) is 0 Å². The molecule has 0 bridgehead atoms. The normalized spacial score (nSPS) is 38.4. The van der Waals surface area contributed by atoms with Crippen molar-refractivity contribution in [3.05, 3.63) is 0 Å². The van der Waals surface area contributed by atoms with Gasteiger partial charge < -0.3 is 8.85 Å². The molecule has 1 unspecified atom stereocenters. The van der Waals surface area contributed by atoms with Gasteiger partial charge in [0, 0.05) is 7.11 Å². The third-order valence-corrected chi connectivity index (χ3v) is 5.11. The molecule has 1 saturated heterocycles. The third kappa shape index (κ3) is 1.59. The van der Waals surface area contributed by atoms with Crippen molar-refractivity contribution in [2.75, 3.05) is 7.11 Å². The van der Waals surface area contributed by atoms with Crippen molar-refractivity contribution < 1.29 is 8.85 Å². The monoisotopic (exact) mass is 160 g/mol. The van der Waals surface area contributed by atoms with E-state index in [1.165, 1.54) is 0 Å². The summed E-state index contributed by atoms with van der Waals surface area (Å²) in [5.74, 6) is 0. The Morgan fingerprint density at radius 3 is 2.30 bits per heavy atom. The highest BCUT2D eigenvalue weighted by atomic mass is 28.4. The summed E-state index contributed by atoms with van der Waals surface area (Å²) >= 11 is 0. The van der Waals surface area contributed by atoms with Crippen molar-refractivity contribution >= 4 is 8.56 Å². The Kier molecular flexibility index (Phi) is 1.91. The zero-order valence-corrected chi connectivity index (χ0v) is 8.23. The Bertz CT molecular complexity index is 136. The van der Waals surface area contributed by atoms with Crippen LogP contribution in [0.25, 0.3) is 0 Å². The Labute approximate surface area is 63.8 Å². The number of rotatable bonds is 1. The topological polar surface area (TPSA) is 18.5 Å². The zero-order chi connectivity index (χ0) is 7.83. The smallest absolute Gasteiger partial charge is 0.335 e. The summed E-state index contributed by atoms with van der Waals surface area (Å²) in [6.45, 7) is 6.39. The molecule has 1 atom stereocenters. The Morgan fingerprint density at radius 2 is 2.10 bits per heavy atom. The lowest BCUT2D eigenvalue weighted by Gasteiger charge is -2.24. The van der Waals surface area contributed by atoms with Crippen LogP contribution in [0.15, 0.2) is 0 Å². The fraction of sp³-hybridized carbons (Fsp3) is 1.00. The van der Waals surface area contributed by atoms with Crippen LogP contribution in [0.2, 0.25) is 12.6 Å². The van der Waals surface area contributed by atoms with E-state index in [-0.39, 0.29) is 5.60 Å². The Hall–Kier alpha value is 0.137. The maximum Gasteiger partial charge on any atom is 0.335 e. The van der Waals surface area contributed by atoms with Gasteiger partial charge in [-0.1, -0.05) is 0 Å². The predicted molar refractivity (Wildman–Crippen MR) is 43.2 cm³/mol. The van der Waals surface area contributed by atoms with E-state index < -0.39 is 8.56 Å². The summed E-state index contributed by atoms with van der Waals surface area (Å²) in [5.41, 5.74) is 0.0665. The van der Waals surface area contributed by atoms with Gasteiger partial charge in [0.15, 0.2) is 0 Å². The summed E-state index contributed by atoms with van der Waals surface area (Å²) in [7, 11) is 0.0620. The highest BCUT2D eigenvalue weighted by Crippen LogP contribution is 2.35. The largest absolute Gasteiger partial charge is 0.398 e. The molecule has 0 amide bonds. The Balaban J connectivity index is 2.57. The van der Waals surface area contributed by atoms with E-state index in [2.05, 4.69) is 20.4 Å². The average molecular weight is 160 g/mol. The molecular weight excluding hydrogens is 144 g/mol. The van der Waals surface area contributed by atoms with Crippen LogP contribution < -0.4 is 0 Å². The SMILES string of the molecule is CO[Si]1(C)CCC(C)(C)O1. The van der Waals surface area contributed by atoms with Crippen molar-refractivity contribution in [3.63, 3.8) is 0 Å². The van der Waals surface area contributed by atoms with Gasteiger partial charge in [0.25, 0.3) is 0 Å². The summed E-state index contributed by atoms with van der Waals surface area (Å²) in [6, 6.07) is 1.14. The Morgan fingerprint density at radius 1 is 1.50 bits per heavy atom. The van der Waals surface area contributed by atoms with Gasteiger partial charge >= 0.3 is 8.56 Å². The van der Waals surface area contributed by atoms with Crippen LogP contribution in [0, 0.1) is 0 Å². The fourth-order valence-electron chi connectivity index (χ4n) is 1.36. The zero-order valence-electron chi connectivity index (χ0n) is 7.23. The molecule has 10 heavy (non-hydrogen) atoms. The van der Waals surface area contributed by atoms with Gasteiger partial charge in [0.2, 0.25) is 0 Å². The molecule has 0 N–H and O–H groups in total. The van der Waals surface area contributed by atoms with Gasteiger partial charge in [0.05, 0.1) is 5.60 Å². The van der Waals surface area contributed by atoms with Crippen molar-refractivity contribution in [1.29, 1.82) is 0 Å². The van der Waals surface area contributed by atoms with E-state index in [4.69, 9.17) is 8.85 Å². The minimum Gasteiger partial charge on any atom is -0.398 e. The molecule has 0 radical (unpaired) electrons. The van der Waals surface area contributed by atoms with Gasteiger partial charge in [-0.3, -0.25) is 0 Å². The van der Waals surface area contributed by atoms with Gasteiger partial charge in [-0.15, -0.1) is 0 Å². The van der Waals surface area contributed by atoms with Crippen LogP contribution >= 0.6 is 0 Å². The molecule has 1 aliphatic rings. The molecule has 1 rings (SSSR count). The van der Waals surface area contributed by atoms with Gasteiger partial charge in [-0.05, 0) is 32.9 Å². The van der Waals surface area contributed by atoms with E-state index in [1.807, 2.05) is 0 Å². The van der Waals surface area contributed by atoms with Crippen LogP contribution in [0.5, 0.6) is 0 Å². The predicted octanol–water partition coefficient (Wildman–Crippen LogP) is 1.90. The number of hydrogen-bond donors (Lipinski definition) is 0. The van der Waals surface area contributed by atoms with Crippen LogP contribution in [-0.4, -0.2) is 21.3 Å². The second-order valence-corrected chi connectivity index (χ2v) is 7.08. The molecule has 2 nitrogen and oxygen atoms in total. The first-order chi connectivity index (χ1) is 4.47. The maximum absolute atomic E-state index is 5.80. The molecule has 0 spiro atoms. The van der Waals surface area contributed by atoms with Gasteiger partial charge in [-0.25, -0.2) is 0 Å². The second-order valence-electron chi connectivity index (χ2n) is 3.70. The van der Waals surface area contributed by atoms with Crippen LogP contribution in [0.3, 0.4) is 0 Å². The van der Waals surface area contributed by atoms with Gasteiger partial charge in [0.1, 0.15) is 0 Å². The van der Waals surface area contributed by atoms with Crippen LogP contribution in [0.1, 0.15) is 20.3 Å². The first-order valence-electron chi connectivity index (χ1n) is 3.73. The van der Waals surface area contributed by atoms with Crippen LogP contribution in [-0.2, 0) is 8.85 Å². The highest BCUT2D eigenvalue weighted by molar-refractivity contribution is 6.66. The quantitative estimate of drug-likeness (QED) is 0.545. The third-order valence-electron chi connectivity index (χ3n) is 2.11. The molecule has 1 heterocycles. The highest BCUT2D eigenvalue weighted by Gasteiger charge is 2.44. The standard InChI is InChI=1S/C7H16O2Si/c1-7(2)5-6-10(4,8-3)9-7/h5-6H2,1-4H3. The minimum absolute atomic E-state index is 0.0665. The second kappa shape index (κ2) is 2.32. The molecule has 1 aliphatic heterocycles. The van der Waals surface area contributed by atoms with E-state index in [0.29, 0.717) is 0 Å². The molecular formula is C7H16O2Si. The average Bonchev–Trinajstić information content (AvgIpc) is 2.08.